The summed E-state index contributed by atoms with van der Waals surface area (Å²) >= 11 is 0. The first-order valence-electron chi connectivity index (χ1n) is 8.59. The fraction of sp³-hybridized carbons (Fsp3) is 0.412. The van der Waals surface area contributed by atoms with E-state index in [9.17, 15) is 4.79 Å². The van der Waals surface area contributed by atoms with Crippen LogP contribution in [0.25, 0.3) is 0 Å². The third-order valence-corrected chi connectivity index (χ3v) is 4.08. The van der Waals surface area contributed by atoms with Gasteiger partial charge in [0.25, 0.3) is 5.91 Å². The largest absolute Gasteiger partial charge is 0.376 e. The molecule has 0 aromatic carbocycles. The van der Waals surface area contributed by atoms with Gasteiger partial charge in [-0.2, -0.15) is 5.26 Å². The molecular formula is C17H20N8O2. The lowest BCUT2D eigenvalue weighted by atomic mass is 10.0. The molecule has 2 aromatic heterocycles. The number of nitriles is 1. The lowest BCUT2D eigenvalue weighted by molar-refractivity contribution is 0.0238. The van der Waals surface area contributed by atoms with Crippen LogP contribution in [-0.4, -0.2) is 58.9 Å². The van der Waals surface area contributed by atoms with Crippen molar-refractivity contribution in [2.75, 3.05) is 32.1 Å². The van der Waals surface area contributed by atoms with Crippen molar-refractivity contribution in [2.24, 2.45) is 0 Å². The fourth-order valence-corrected chi connectivity index (χ4v) is 2.69. The Morgan fingerprint density at radius 1 is 1.37 bits per heavy atom. The molecule has 10 nitrogen and oxygen atoms in total. The number of nitrogens with zero attached hydrogens (tertiary/aromatic N) is 5. The second-order valence-corrected chi connectivity index (χ2v) is 5.94. The van der Waals surface area contributed by atoms with Crippen molar-refractivity contribution in [3.05, 3.63) is 35.4 Å². The van der Waals surface area contributed by atoms with Gasteiger partial charge in [-0.15, -0.1) is 10.2 Å². The second kappa shape index (κ2) is 8.98. The number of hydrogen-bond donors (Lipinski definition) is 3. The molecule has 0 aliphatic carbocycles. The van der Waals surface area contributed by atoms with Crippen molar-refractivity contribution >= 4 is 17.5 Å². The monoisotopic (exact) mass is 368 g/mol. The van der Waals surface area contributed by atoms with Crippen LogP contribution in [0.3, 0.4) is 0 Å². The van der Waals surface area contributed by atoms with Crippen molar-refractivity contribution in [1.29, 1.82) is 5.26 Å². The summed E-state index contributed by atoms with van der Waals surface area (Å²) in [6.07, 6.45) is 4.29. The molecule has 3 rings (SSSR count). The van der Waals surface area contributed by atoms with Gasteiger partial charge in [0.05, 0.1) is 25.1 Å². The predicted octanol–water partition coefficient (Wildman–Crippen LogP) is 0.162. The van der Waals surface area contributed by atoms with Crippen molar-refractivity contribution in [3.63, 3.8) is 0 Å². The van der Waals surface area contributed by atoms with Gasteiger partial charge in [-0.1, -0.05) is 0 Å². The first-order chi connectivity index (χ1) is 13.2. The van der Waals surface area contributed by atoms with E-state index in [1.807, 2.05) is 6.07 Å². The van der Waals surface area contributed by atoms with E-state index in [0.717, 1.165) is 25.1 Å². The summed E-state index contributed by atoms with van der Waals surface area (Å²) in [5.74, 6) is 0.589. The van der Waals surface area contributed by atoms with Gasteiger partial charge >= 0.3 is 0 Å². The number of rotatable bonds is 6. The van der Waals surface area contributed by atoms with E-state index in [-0.39, 0.29) is 23.4 Å². The Morgan fingerprint density at radius 2 is 2.26 bits per heavy atom. The van der Waals surface area contributed by atoms with Crippen LogP contribution in [0.1, 0.15) is 28.2 Å². The summed E-state index contributed by atoms with van der Waals surface area (Å²) in [5.41, 5.74) is 1.28. The van der Waals surface area contributed by atoms with Crippen LogP contribution in [0.15, 0.2) is 18.5 Å². The first-order valence-corrected chi connectivity index (χ1v) is 8.59. The Kier molecular flexibility index (Phi) is 6.19. The summed E-state index contributed by atoms with van der Waals surface area (Å²) in [7, 11) is 1.56. The van der Waals surface area contributed by atoms with Crippen LogP contribution < -0.4 is 16.0 Å². The van der Waals surface area contributed by atoms with Crippen LogP contribution in [-0.2, 0) is 11.2 Å². The number of ether oxygens (including phenoxy) is 1. The molecule has 0 saturated carbocycles. The molecule has 1 amide bonds. The molecule has 1 saturated heterocycles. The zero-order chi connectivity index (χ0) is 19.1. The first kappa shape index (κ1) is 18.6. The van der Waals surface area contributed by atoms with Gasteiger partial charge in [-0.3, -0.25) is 4.79 Å². The van der Waals surface area contributed by atoms with Crippen LogP contribution in [0.4, 0.5) is 11.6 Å². The molecule has 1 atom stereocenters. The molecule has 1 aliphatic heterocycles. The van der Waals surface area contributed by atoms with Crippen molar-refractivity contribution < 1.29 is 9.53 Å². The van der Waals surface area contributed by atoms with E-state index < -0.39 is 0 Å². The molecule has 140 valence electrons. The van der Waals surface area contributed by atoms with E-state index in [4.69, 9.17) is 10.00 Å². The van der Waals surface area contributed by atoms with Gasteiger partial charge in [0.2, 0.25) is 0 Å². The Bertz CT molecular complexity index is 828. The normalized spacial score (nSPS) is 16.4. The number of carbonyl (C=O) groups excluding carboxylic acids is 1. The lowest BCUT2D eigenvalue weighted by Gasteiger charge is -2.23. The minimum Gasteiger partial charge on any atom is -0.376 e. The smallest absolute Gasteiger partial charge is 0.271 e. The summed E-state index contributed by atoms with van der Waals surface area (Å²) in [6.45, 7) is 2.34. The van der Waals surface area contributed by atoms with E-state index in [0.29, 0.717) is 24.7 Å². The molecular weight excluding hydrogens is 348 g/mol. The van der Waals surface area contributed by atoms with E-state index in [1.54, 1.807) is 13.1 Å². The Hall–Kier alpha value is -3.16. The van der Waals surface area contributed by atoms with E-state index in [1.165, 1.54) is 12.4 Å². The van der Waals surface area contributed by atoms with Gasteiger partial charge in [0.1, 0.15) is 11.9 Å². The van der Waals surface area contributed by atoms with E-state index >= 15 is 0 Å². The standard InChI is InChI=1S/C17H20N8O2/c1-19-17(26)16-11(2-3-13-9-20-4-5-27-13)6-14(24-25-16)23-15-10-21-12(7-18)8-22-15/h6,8,10,13,20H,2-5,9H2,1H3,(H,19,26)(H,22,23,24). The molecule has 1 unspecified atom stereocenters. The Labute approximate surface area is 156 Å². The third kappa shape index (κ3) is 4.93. The summed E-state index contributed by atoms with van der Waals surface area (Å²) in [6, 6.07) is 3.68. The second-order valence-electron chi connectivity index (χ2n) is 5.94. The summed E-state index contributed by atoms with van der Waals surface area (Å²) in [4.78, 5) is 20.1. The Morgan fingerprint density at radius 3 is 2.93 bits per heavy atom. The Balaban J connectivity index is 1.76. The van der Waals surface area contributed by atoms with Gasteiger partial charge in [-0.05, 0) is 24.5 Å². The molecule has 1 fully saturated rings. The molecule has 27 heavy (non-hydrogen) atoms. The van der Waals surface area contributed by atoms with Gasteiger partial charge < -0.3 is 20.7 Å². The SMILES string of the molecule is CNC(=O)c1nnc(Nc2cnc(C#N)cn2)cc1CCC1CNCCO1. The van der Waals surface area contributed by atoms with Crippen molar-refractivity contribution in [3.8, 4) is 6.07 Å². The molecule has 3 heterocycles. The maximum atomic E-state index is 12.1. The molecule has 0 radical (unpaired) electrons. The average molecular weight is 368 g/mol. The number of nitrogens with one attached hydrogen (secondary N) is 3. The predicted molar refractivity (Wildman–Crippen MR) is 96.4 cm³/mol. The topological polar surface area (TPSA) is 138 Å². The van der Waals surface area contributed by atoms with Crippen LogP contribution in [0.2, 0.25) is 0 Å². The number of aromatic nitrogens is 4. The van der Waals surface area contributed by atoms with Crippen molar-refractivity contribution in [2.45, 2.75) is 18.9 Å². The number of anilines is 2. The van der Waals surface area contributed by atoms with E-state index in [2.05, 4.69) is 36.1 Å². The number of aryl methyl sites for hydroxylation is 1. The molecule has 2 aromatic rings. The number of amides is 1. The van der Waals surface area contributed by atoms with Gasteiger partial charge in [-0.25, -0.2) is 9.97 Å². The highest BCUT2D eigenvalue weighted by atomic mass is 16.5. The highest BCUT2D eigenvalue weighted by Crippen LogP contribution is 2.17. The van der Waals surface area contributed by atoms with Gasteiger partial charge in [0.15, 0.2) is 17.2 Å². The summed E-state index contributed by atoms with van der Waals surface area (Å²) < 4.78 is 5.71. The quantitative estimate of drug-likeness (QED) is 0.651. The minimum absolute atomic E-state index is 0.102. The van der Waals surface area contributed by atoms with Gasteiger partial charge in [0, 0.05) is 20.1 Å². The fourth-order valence-electron chi connectivity index (χ4n) is 2.69. The zero-order valence-electron chi connectivity index (χ0n) is 14.9. The summed E-state index contributed by atoms with van der Waals surface area (Å²) in [5, 5.41) is 25.7. The molecule has 1 aliphatic rings. The average Bonchev–Trinajstić information content (AvgIpc) is 2.73. The maximum Gasteiger partial charge on any atom is 0.271 e. The molecule has 0 spiro atoms. The highest BCUT2D eigenvalue weighted by Gasteiger charge is 2.18. The zero-order valence-corrected chi connectivity index (χ0v) is 14.9. The van der Waals surface area contributed by atoms with Crippen molar-refractivity contribution in [1.82, 2.24) is 30.8 Å². The van der Waals surface area contributed by atoms with Crippen LogP contribution in [0.5, 0.6) is 0 Å². The van der Waals surface area contributed by atoms with Crippen LogP contribution in [0, 0.1) is 11.3 Å². The highest BCUT2D eigenvalue weighted by molar-refractivity contribution is 5.93. The molecule has 10 heteroatoms. The third-order valence-electron chi connectivity index (χ3n) is 4.08. The van der Waals surface area contributed by atoms with Crippen LogP contribution >= 0.6 is 0 Å². The molecule has 3 N–H and O–H groups in total. The molecule has 0 bridgehead atoms. The number of morpholine rings is 1. The minimum atomic E-state index is -0.287. The number of hydrogen-bond acceptors (Lipinski definition) is 9. The number of carbonyl (C=O) groups is 1. The lowest BCUT2D eigenvalue weighted by Crippen LogP contribution is -2.38. The maximum absolute atomic E-state index is 12.1.